The second kappa shape index (κ2) is 3.86. The predicted molar refractivity (Wildman–Crippen MR) is 51.4 cm³/mol. The molecule has 1 N–H and O–H groups in total. The fourth-order valence-electron chi connectivity index (χ4n) is 1.56. The number of aliphatic carboxylic acids is 1. The lowest BCUT2D eigenvalue weighted by Crippen LogP contribution is -2.43. The van der Waals surface area contributed by atoms with Gasteiger partial charge in [-0.1, -0.05) is 0 Å². The number of carbonyl (C=O) groups is 1. The van der Waals surface area contributed by atoms with Crippen LogP contribution in [-0.4, -0.2) is 41.6 Å². The van der Waals surface area contributed by atoms with Crippen molar-refractivity contribution in [1.29, 1.82) is 0 Å². The Morgan fingerprint density at radius 2 is 2.07 bits per heavy atom. The molecule has 1 rings (SSSR count). The Kier molecular flexibility index (Phi) is 3.16. The molecule has 0 saturated carbocycles. The molecule has 1 aliphatic rings. The number of carboxylic acid groups (broad SMARTS) is 1. The summed E-state index contributed by atoms with van der Waals surface area (Å²) in [7, 11) is -3.42. The van der Waals surface area contributed by atoms with Crippen molar-refractivity contribution in [3.63, 3.8) is 0 Å². The molecular formula is C8H15NO4S. The quantitative estimate of drug-likeness (QED) is 0.742. The standard InChI is InChI=1S/C8H15NO4S/c1-6(2)14(12,13)9-5-3-4-7(9)8(10)11/h6-7H,3-5H2,1-2H3,(H,10,11). The Morgan fingerprint density at radius 1 is 1.50 bits per heavy atom. The van der Waals surface area contributed by atoms with Crippen molar-refractivity contribution in [2.24, 2.45) is 0 Å². The van der Waals surface area contributed by atoms with Gasteiger partial charge in [-0.15, -0.1) is 0 Å². The van der Waals surface area contributed by atoms with Crippen molar-refractivity contribution >= 4 is 16.0 Å². The zero-order valence-electron chi connectivity index (χ0n) is 8.30. The topological polar surface area (TPSA) is 74.7 Å². The first kappa shape index (κ1) is 11.5. The van der Waals surface area contributed by atoms with Gasteiger partial charge in [0.05, 0.1) is 5.25 Å². The van der Waals surface area contributed by atoms with Crippen LogP contribution in [0.3, 0.4) is 0 Å². The average Bonchev–Trinajstić information content (AvgIpc) is 2.51. The predicted octanol–water partition coefficient (Wildman–Crippen LogP) is 0.274. The Morgan fingerprint density at radius 3 is 2.50 bits per heavy atom. The van der Waals surface area contributed by atoms with Gasteiger partial charge >= 0.3 is 5.97 Å². The van der Waals surface area contributed by atoms with Gasteiger partial charge in [0.25, 0.3) is 0 Å². The Bertz CT molecular complexity index is 322. The molecule has 0 bridgehead atoms. The van der Waals surface area contributed by atoms with E-state index in [0.29, 0.717) is 19.4 Å². The summed E-state index contributed by atoms with van der Waals surface area (Å²) in [6, 6.07) is -0.859. The van der Waals surface area contributed by atoms with Gasteiger partial charge in [0.2, 0.25) is 10.0 Å². The maximum absolute atomic E-state index is 11.7. The fourth-order valence-corrected chi connectivity index (χ4v) is 3.04. The molecule has 1 fully saturated rings. The summed E-state index contributed by atoms with van der Waals surface area (Å²) < 4.78 is 24.5. The first-order valence-electron chi connectivity index (χ1n) is 4.61. The lowest BCUT2D eigenvalue weighted by Gasteiger charge is -2.22. The summed E-state index contributed by atoms with van der Waals surface area (Å²) in [6.07, 6.45) is 1.05. The summed E-state index contributed by atoms with van der Waals surface area (Å²) in [6.45, 7) is 3.45. The van der Waals surface area contributed by atoms with E-state index in [2.05, 4.69) is 0 Å². The summed E-state index contributed by atoms with van der Waals surface area (Å²) >= 11 is 0. The van der Waals surface area contributed by atoms with Crippen LogP contribution in [0.4, 0.5) is 0 Å². The van der Waals surface area contributed by atoms with E-state index in [1.165, 1.54) is 0 Å². The monoisotopic (exact) mass is 221 g/mol. The first-order valence-corrected chi connectivity index (χ1v) is 6.11. The third kappa shape index (κ3) is 1.90. The fraction of sp³-hybridized carbons (Fsp3) is 0.875. The molecule has 0 radical (unpaired) electrons. The third-order valence-corrected chi connectivity index (χ3v) is 4.69. The van der Waals surface area contributed by atoms with E-state index >= 15 is 0 Å². The summed E-state index contributed by atoms with van der Waals surface area (Å²) in [4.78, 5) is 10.8. The molecule has 1 unspecified atom stereocenters. The average molecular weight is 221 g/mol. The minimum Gasteiger partial charge on any atom is -0.480 e. The smallest absolute Gasteiger partial charge is 0.322 e. The molecular weight excluding hydrogens is 206 g/mol. The minimum absolute atomic E-state index is 0.331. The van der Waals surface area contributed by atoms with Gasteiger partial charge in [-0.25, -0.2) is 8.42 Å². The van der Waals surface area contributed by atoms with Crippen LogP contribution >= 0.6 is 0 Å². The SMILES string of the molecule is CC(C)S(=O)(=O)N1CCCC1C(=O)O. The lowest BCUT2D eigenvalue weighted by atomic mass is 10.2. The van der Waals surface area contributed by atoms with Crippen LogP contribution in [0.25, 0.3) is 0 Å². The summed E-state index contributed by atoms with van der Waals surface area (Å²) in [5.74, 6) is -1.05. The van der Waals surface area contributed by atoms with Crippen LogP contribution in [0.5, 0.6) is 0 Å². The largest absolute Gasteiger partial charge is 0.480 e. The highest BCUT2D eigenvalue weighted by Gasteiger charge is 2.39. The van der Waals surface area contributed by atoms with E-state index < -0.39 is 27.3 Å². The molecule has 6 heteroatoms. The second-order valence-corrected chi connectivity index (χ2v) is 6.14. The lowest BCUT2D eigenvalue weighted by molar-refractivity contribution is -0.140. The van der Waals surface area contributed by atoms with Crippen LogP contribution in [0, 0.1) is 0 Å². The van der Waals surface area contributed by atoms with Crippen molar-refractivity contribution in [3.05, 3.63) is 0 Å². The van der Waals surface area contributed by atoms with E-state index in [-0.39, 0.29) is 0 Å². The van der Waals surface area contributed by atoms with E-state index in [1.54, 1.807) is 13.8 Å². The van der Waals surface area contributed by atoms with Gasteiger partial charge in [-0.3, -0.25) is 4.79 Å². The molecule has 0 amide bonds. The number of hydrogen-bond donors (Lipinski definition) is 1. The van der Waals surface area contributed by atoms with Gasteiger partial charge in [0.15, 0.2) is 0 Å². The van der Waals surface area contributed by atoms with Gasteiger partial charge in [-0.05, 0) is 26.7 Å². The second-order valence-electron chi connectivity index (χ2n) is 3.70. The molecule has 0 aliphatic carbocycles. The molecule has 82 valence electrons. The molecule has 5 nitrogen and oxygen atoms in total. The van der Waals surface area contributed by atoms with Gasteiger partial charge < -0.3 is 5.11 Å². The van der Waals surface area contributed by atoms with Crippen molar-refractivity contribution in [3.8, 4) is 0 Å². The number of sulfonamides is 1. The molecule has 1 atom stereocenters. The molecule has 14 heavy (non-hydrogen) atoms. The van der Waals surface area contributed by atoms with Crippen molar-refractivity contribution < 1.29 is 18.3 Å². The molecule has 0 aromatic carbocycles. The van der Waals surface area contributed by atoms with Crippen LogP contribution < -0.4 is 0 Å². The van der Waals surface area contributed by atoms with Crippen LogP contribution in [0.15, 0.2) is 0 Å². The van der Waals surface area contributed by atoms with Crippen molar-refractivity contribution in [1.82, 2.24) is 4.31 Å². The zero-order valence-corrected chi connectivity index (χ0v) is 9.12. The maximum atomic E-state index is 11.7. The van der Waals surface area contributed by atoms with Gasteiger partial charge in [0.1, 0.15) is 6.04 Å². The van der Waals surface area contributed by atoms with E-state index in [4.69, 9.17) is 5.11 Å². The summed E-state index contributed by atoms with van der Waals surface area (Å²) in [5.41, 5.74) is 0. The van der Waals surface area contributed by atoms with Crippen molar-refractivity contribution in [2.75, 3.05) is 6.54 Å². The highest BCUT2D eigenvalue weighted by molar-refractivity contribution is 7.89. The number of nitrogens with zero attached hydrogens (tertiary/aromatic N) is 1. The molecule has 1 aliphatic heterocycles. The molecule has 0 aromatic heterocycles. The van der Waals surface area contributed by atoms with E-state index in [0.717, 1.165) is 4.31 Å². The highest BCUT2D eigenvalue weighted by atomic mass is 32.2. The van der Waals surface area contributed by atoms with Crippen LogP contribution in [0.1, 0.15) is 26.7 Å². The minimum atomic E-state index is -3.42. The number of rotatable bonds is 3. The molecule has 1 heterocycles. The van der Waals surface area contributed by atoms with E-state index in [9.17, 15) is 13.2 Å². The zero-order chi connectivity index (χ0) is 10.9. The van der Waals surface area contributed by atoms with Gasteiger partial charge in [0, 0.05) is 6.54 Å². The van der Waals surface area contributed by atoms with E-state index in [1.807, 2.05) is 0 Å². The molecule has 0 aromatic rings. The Labute approximate surface area is 83.8 Å². The molecule has 1 saturated heterocycles. The maximum Gasteiger partial charge on any atom is 0.322 e. The molecule has 0 spiro atoms. The number of hydrogen-bond acceptors (Lipinski definition) is 3. The summed E-state index contributed by atoms with van der Waals surface area (Å²) in [5, 5.41) is 8.27. The van der Waals surface area contributed by atoms with Crippen molar-refractivity contribution in [2.45, 2.75) is 38.0 Å². The Balaban J connectivity index is 2.93. The van der Waals surface area contributed by atoms with Crippen LogP contribution in [-0.2, 0) is 14.8 Å². The first-order chi connectivity index (χ1) is 6.37. The third-order valence-electron chi connectivity index (χ3n) is 2.41. The number of carboxylic acids is 1. The Hall–Kier alpha value is -0.620. The van der Waals surface area contributed by atoms with Gasteiger partial charge in [-0.2, -0.15) is 4.31 Å². The normalized spacial score (nSPS) is 24.4. The highest BCUT2D eigenvalue weighted by Crippen LogP contribution is 2.23. The van der Waals surface area contributed by atoms with Crippen LogP contribution in [0.2, 0.25) is 0 Å².